The fourth-order valence-corrected chi connectivity index (χ4v) is 9.25. The number of hydrogen-bond donors (Lipinski definition) is 0. The maximum absolute atomic E-state index is 6.26. The van der Waals surface area contributed by atoms with Gasteiger partial charge in [0.1, 0.15) is 11.2 Å². The van der Waals surface area contributed by atoms with Crippen molar-refractivity contribution in [2.75, 3.05) is 4.90 Å². The third kappa shape index (κ3) is 5.98. The first-order valence-corrected chi connectivity index (χ1v) is 20.8. The van der Waals surface area contributed by atoms with E-state index >= 15 is 0 Å². The number of furan rings is 1. The van der Waals surface area contributed by atoms with Crippen molar-refractivity contribution in [2.45, 2.75) is 0 Å². The summed E-state index contributed by atoms with van der Waals surface area (Å²) < 4.78 is 8.64. The summed E-state index contributed by atoms with van der Waals surface area (Å²) in [5.41, 5.74) is 15.6. The van der Waals surface area contributed by atoms with Gasteiger partial charge in [-0.05, 0) is 117 Å². The number of benzene rings is 10. The monoisotopic (exact) mass is 778 g/mol. The van der Waals surface area contributed by atoms with Gasteiger partial charge in [-0.3, -0.25) is 0 Å². The zero-order valence-corrected chi connectivity index (χ0v) is 33.2. The maximum atomic E-state index is 6.26. The highest BCUT2D eigenvalue weighted by atomic mass is 16.3. The summed E-state index contributed by atoms with van der Waals surface area (Å²) in [5, 5.41) is 7.29. The molecule has 0 unspecified atom stereocenters. The van der Waals surface area contributed by atoms with E-state index < -0.39 is 0 Å². The molecule has 12 aromatic rings. The van der Waals surface area contributed by atoms with E-state index in [2.05, 4.69) is 228 Å². The molecule has 0 atom stereocenters. The third-order valence-electron chi connectivity index (χ3n) is 12.2. The zero-order chi connectivity index (χ0) is 40.3. The summed E-state index contributed by atoms with van der Waals surface area (Å²) >= 11 is 0. The van der Waals surface area contributed by atoms with Gasteiger partial charge in [0.2, 0.25) is 0 Å². The van der Waals surface area contributed by atoms with Crippen molar-refractivity contribution in [1.82, 2.24) is 4.57 Å². The van der Waals surface area contributed by atoms with Crippen LogP contribution in [0.5, 0.6) is 0 Å². The van der Waals surface area contributed by atoms with Gasteiger partial charge in [0.15, 0.2) is 0 Å². The molecule has 0 saturated heterocycles. The molecule has 12 rings (SSSR count). The summed E-state index contributed by atoms with van der Waals surface area (Å²) in [5.74, 6) is 0. The molecule has 0 fully saturated rings. The average Bonchev–Trinajstić information content (AvgIpc) is 3.88. The topological polar surface area (TPSA) is 21.3 Å². The summed E-state index contributed by atoms with van der Waals surface area (Å²) in [6.45, 7) is 0. The van der Waals surface area contributed by atoms with E-state index in [0.29, 0.717) is 0 Å². The quantitative estimate of drug-likeness (QED) is 0.161. The van der Waals surface area contributed by atoms with Crippen molar-refractivity contribution in [3.8, 4) is 39.1 Å². The highest BCUT2D eigenvalue weighted by Gasteiger charge is 2.17. The van der Waals surface area contributed by atoms with Gasteiger partial charge < -0.3 is 13.9 Å². The SMILES string of the molecule is c1cc(N(c2ccc(-c3ccc(-c4cccc5ccccc45)cc3)cc2)c2ccc(-c3ccc4c(c3)oc3ccccc34)cc2)cc(-n2c3ccccc3c3ccccc32)c1. The van der Waals surface area contributed by atoms with Crippen LogP contribution in [-0.2, 0) is 0 Å². The number of anilines is 3. The van der Waals surface area contributed by atoms with Crippen molar-refractivity contribution in [3.05, 3.63) is 231 Å². The van der Waals surface area contributed by atoms with Crippen molar-refractivity contribution < 1.29 is 4.42 Å². The summed E-state index contributed by atoms with van der Waals surface area (Å²) in [6, 6.07) is 83.0. The van der Waals surface area contributed by atoms with E-state index in [9.17, 15) is 0 Å². The number of hydrogen-bond acceptors (Lipinski definition) is 2. The number of aromatic nitrogens is 1. The van der Waals surface area contributed by atoms with Gasteiger partial charge in [0.25, 0.3) is 0 Å². The molecule has 61 heavy (non-hydrogen) atoms. The lowest BCUT2D eigenvalue weighted by atomic mass is 9.96. The molecule has 2 heterocycles. The molecule has 10 aromatic carbocycles. The van der Waals surface area contributed by atoms with E-state index in [-0.39, 0.29) is 0 Å². The normalized spacial score (nSPS) is 11.6. The van der Waals surface area contributed by atoms with Crippen LogP contribution in [0.3, 0.4) is 0 Å². The summed E-state index contributed by atoms with van der Waals surface area (Å²) in [7, 11) is 0. The fourth-order valence-electron chi connectivity index (χ4n) is 9.25. The van der Waals surface area contributed by atoms with Crippen LogP contribution in [0.4, 0.5) is 17.1 Å². The first kappa shape index (κ1) is 34.9. The minimum absolute atomic E-state index is 0.898. The van der Waals surface area contributed by atoms with Crippen LogP contribution >= 0.6 is 0 Å². The highest BCUT2D eigenvalue weighted by Crippen LogP contribution is 2.40. The third-order valence-corrected chi connectivity index (χ3v) is 12.2. The Kier molecular flexibility index (Phi) is 8.17. The number of fused-ring (bicyclic) bond motifs is 7. The van der Waals surface area contributed by atoms with Gasteiger partial charge in [-0.25, -0.2) is 0 Å². The first-order valence-electron chi connectivity index (χ1n) is 20.8. The van der Waals surface area contributed by atoms with Gasteiger partial charge in [0.05, 0.1) is 11.0 Å². The lowest BCUT2D eigenvalue weighted by Gasteiger charge is -2.26. The minimum Gasteiger partial charge on any atom is -0.456 e. The van der Waals surface area contributed by atoms with E-state index in [0.717, 1.165) is 55.8 Å². The molecule has 0 saturated carbocycles. The molecule has 0 radical (unpaired) electrons. The highest BCUT2D eigenvalue weighted by molar-refractivity contribution is 6.09. The Bertz CT molecular complexity index is 3520. The minimum atomic E-state index is 0.898. The first-order chi connectivity index (χ1) is 30.2. The predicted molar refractivity (Wildman–Crippen MR) is 257 cm³/mol. The number of nitrogens with zero attached hydrogens (tertiary/aromatic N) is 2. The number of para-hydroxylation sites is 3. The smallest absolute Gasteiger partial charge is 0.136 e. The van der Waals surface area contributed by atoms with Gasteiger partial charge in [0, 0.05) is 44.3 Å². The Morgan fingerprint density at radius 3 is 1.52 bits per heavy atom. The molecular formula is C58H38N2O. The second kappa shape index (κ2) is 14.3. The maximum Gasteiger partial charge on any atom is 0.136 e. The fraction of sp³-hybridized carbons (Fsp3) is 0. The Hall–Kier alpha value is -8.14. The van der Waals surface area contributed by atoms with Crippen molar-refractivity contribution in [3.63, 3.8) is 0 Å². The second-order valence-corrected chi connectivity index (χ2v) is 15.7. The molecular weight excluding hydrogens is 741 g/mol. The van der Waals surface area contributed by atoms with Crippen LogP contribution in [0, 0.1) is 0 Å². The van der Waals surface area contributed by atoms with Crippen molar-refractivity contribution in [2.24, 2.45) is 0 Å². The molecule has 0 aliphatic carbocycles. The molecule has 0 N–H and O–H groups in total. The van der Waals surface area contributed by atoms with Crippen LogP contribution in [0.2, 0.25) is 0 Å². The molecule has 0 amide bonds. The Balaban J connectivity index is 0.935. The van der Waals surface area contributed by atoms with Crippen molar-refractivity contribution in [1.29, 1.82) is 0 Å². The summed E-state index contributed by atoms with van der Waals surface area (Å²) in [4.78, 5) is 2.36. The molecule has 0 spiro atoms. The molecule has 0 aliphatic heterocycles. The van der Waals surface area contributed by atoms with Gasteiger partial charge in [-0.15, -0.1) is 0 Å². The molecule has 0 bridgehead atoms. The lowest BCUT2D eigenvalue weighted by molar-refractivity contribution is 0.669. The van der Waals surface area contributed by atoms with E-state index in [1.165, 1.54) is 54.8 Å². The zero-order valence-electron chi connectivity index (χ0n) is 33.2. The van der Waals surface area contributed by atoms with Crippen LogP contribution in [0.15, 0.2) is 235 Å². The van der Waals surface area contributed by atoms with Gasteiger partial charge in [-0.1, -0.05) is 158 Å². The van der Waals surface area contributed by atoms with Gasteiger partial charge >= 0.3 is 0 Å². The average molecular weight is 779 g/mol. The molecule has 0 aliphatic rings. The predicted octanol–water partition coefficient (Wildman–Crippen LogP) is 16.3. The van der Waals surface area contributed by atoms with Crippen LogP contribution in [0.25, 0.3) is 93.6 Å². The van der Waals surface area contributed by atoms with Gasteiger partial charge in [-0.2, -0.15) is 0 Å². The van der Waals surface area contributed by atoms with Crippen LogP contribution in [0.1, 0.15) is 0 Å². The van der Waals surface area contributed by atoms with Crippen LogP contribution in [-0.4, -0.2) is 4.57 Å². The molecule has 3 heteroatoms. The van der Waals surface area contributed by atoms with E-state index in [1.54, 1.807) is 0 Å². The lowest BCUT2D eigenvalue weighted by Crippen LogP contribution is -2.10. The Morgan fingerprint density at radius 2 is 0.820 bits per heavy atom. The Morgan fingerprint density at radius 1 is 0.311 bits per heavy atom. The molecule has 286 valence electrons. The molecule has 3 nitrogen and oxygen atoms in total. The van der Waals surface area contributed by atoms with E-state index in [1.807, 2.05) is 12.1 Å². The van der Waals surface area contributed by atoms with E-state index in [4.69, 9.17) is 4.42 Å². The second-order valence-electron chi connectivity index (χ2n) is 15.7. The van der Waals surface area contributed by atoms with Crippen molar-refractivity contribution >= 4 is 71.6 Å². The summed E-state index contributed by atoms with van der Waals surface area (Å²) in [6.07, 6.45) is 0. The number of rotatable bonds is 7. The van der Waals surface area contributed by atoms with Crippen LogP contribution < -0.4 is 4.90 Å². The Labute approximate surface area is 353 Å². The molecule has 2 aromatic heterocycles. The largest absolute Gasteiger partial charge is 0.456 e. The standard InChI is InChI=1S/C58H38N2O/c1-2-15-49-42(11-1)12-9-19-50(49)43-25-23-39(24-26-43)40-27-32-45(33-28-40)59(46-34-29-41(30-35-46)44-31-36-54-53-18-5-8-22-57(53)61-58(54)37-44)47-13-10-14-48(38-47)60-55-20-6-3-16-51(55)52-17-4-7-21-56(52)60/h1-38H.